The van der Waals surface area contributed by atoms with Crippen molar-refractivity contribution in [3.63, 3.8) is 0 Å². The van der Waals surface area contributed by atoms with Crippen molar-refractivity contribution in [2.45, 2.75) is 19.3 Å². The molecule has 5 nitrogen and oxygen atoms in total. The molecule has 53 heavy (non-hydrogen) atoms. The van der Waals surface area contributed by atoms with Crippen molar-refractivity contribution in [1.29, 1.82) is 0 Å². The fourth-order valence-electron chi connectivity index (χ4n) is 8.65. The van der Waals surface area contributed by atoms with Crippen molar-refractivity contribution in [1.82, 2.24) is 19.5 Å². The van der Waals surface area contributed by atoms with Crippen molar-refractivity contribution in [3.8, 4) is 51.0 Å². The molecule has 250 valence electrons. The van der Waals surface area contributed by atoms with Gasteiger partial charge in [-0.25, -0.2) is 4.98 Å². The first-order chi connectivity index (χ1) is 26.0. The second kappa shape index (κ2) is 11.1. The van der Waals surface area contributed by atoms with Gasteiger partial charge >= 0.3 is 0 Å². The van der Waals surface area contributed by atoms with Crippen molar-refractivity contribution < 1.29 is 4.42 Å². The largest absolute Gasteiger partial charge is 0.455 e. The van der Waals surface area contributed by atoms with Crippen LogP contribution in [0.5, 0.6) is 0 Å². The molecule has 11 rings (SSSR count). The molecule has 0 spiro atoms. The normalized spacial score (nSPS) is 13.2. The molecule has 0 fully saturated rings. The Kier molecular flexibility index (Phi) is 6.23. The number of hydrogen-bond acceptors (Lipinski definition) is 4. The van der Waals surface area contributed by atoms with Gasteiger partial charge in [-0.15, -0.1) is 0 Å². The lowest BCUT2D eigenvalue weighted by Gasteiger charge is -2.22. The van der Waals surface area contributed by atoms with Crippen LogP contribution in [0.15, 0.2) is 162 Å². The van der Waals surface area contributed by atoms with Crippen LogP contribution >= 0.6 is 0 Å². The minimum atomic E-state index is -0.190. The second-order valence-corrected chi connectivity index (χ2v) is 14.4. The zero-order valence-corrected chi connectivity index (χ0v) is 29.2. The third-order valence-corrected chi connectivity index (χ3v) is 11.1. The van der Waals surface area contributed by atoms with E-state index in [1.165, 1.54) is 33.0 Å². The predicted octanol–water partition coefficient (Wildman–Crippen LogP) is 12.2. The molecular formula is C48H32N4O. The van der Waals surface area contributed by atoms with Gasteiger partial charge < -0.3 is 4.42 Å². The van der Waals surface area contributed by atoms with Gasteiger partial charge in [-0.3, -0.25) is 4.57 Å². The summed E-state index contributed by atoms with van der Waals surface area (Å²) < 4.78 is 8.75. The number of furan rings is 1. The van der Waals surface area contributed by atoms with E-state index in [1.54, 1.807) is 0 Å². The summed E-state index contributed by atoms with van der Waals surface area (Å²) in [5.74, 6) is 1.71. The van der Waals surface area contributed by atoms with Crippen LogP contribution < -0.4 is 0 Å². The maximum absolute atomic E-state index is 6.53. The highest BCUT2D eigenvalue weighted by Crippen LogP contribution is 2.53. The van der Waals surface area contributed by atoms with Crippen LogP contribution in [0.2, 0.25) is 0 Å². The molecule has 0 amide bonds. The van der Waals surface area contributed by atoms with Gasteiger partial charge in [-0.2, -0.15) is 9.97 Å². The van der Waals surface area contributed by atoms with Crippen molar-refractivity contribution in [2.24, 2.45) is 0 Å². The molecule has 0 radical (unpaired) electrons. The predicted molar refractivity (Wildman–Crippen MR) is 215 cm³/mol. The van der Waals surface area contributed by atoms with Gasteiger partial charge in [-0.1, -0.05) is 141 Å². The molecule has 0 bridgehead atoms. The van der Waals surface area contributed by atoms with Crippen LogP contribution in [0.1, 0.15) is 25.0 Å². The third kappa shape index (κ3) is 4.34. The minimum Gasteiger partial charge on any atom is -0.455 e. The summed E-state index contributed by atoms with van der Waals surface area (Å²) in [7, 11) is 0. The average molecular weight is 681 g/mol. The van der Waals surface area contributed by atoms with Gasteiger partial charge in [0.1, 0.15) is 11.2 Å². The molecule has 1 aliphatic rings. The third-order valence-electron chi connectivity index (χ3n) is 11.1. The lowest BCUT2D eigenvalue weighted by Crippen LogP contribution is -2.15. The summed E-state index contributed by atoms with van der Waals surface area (Å²) >= 11 is 0. The molecule has 0 aliphatic heterocycles. The Morgan fingerprint density at radius 3 is 2.08 bits per heavy atom. The molecule has 7 aromatic carbocycles. The summed E-state index contributed by atoms with van der Waals surface area (Å²) in [5, 5.41) is 4.50. The van der Waals surface area contributed by atoms with Gasteiger partial charge in [-0.05, 0) is 63.7 Å². The number of para-hydroxylation sites is 3. The molecular weight excluding hydrogens is 649 g/mol. The Labute approximate surface area is 305 Å². The summed E-state index contributed by atoms with van der Waals surface area (Å²) in [6.45, 7) is 4.69. The van der Waals surface area contributed by atoms with E-state index < -0.39 is 0 Å². The molecule has 0 unspecified atom stereocenters. The molecule has 3 heterocycles. The zero-order valence-electron chi connectivity index (χ0n) is 29.2. The molecule has 0 N–H and O–H groups in total. The van der Waals surface area contributed by atoms with Gasteiger partial charge in [0.25, 0.3) is 0 Å². The highest BCUT2D eigenvalue weighted by molar-refractivity contribution is 6.14. The first kappa shape index (κ1) is 29.8. The molecule has 10 aromatic rings. The average Bonchev–Trinajstić information content (AvgIpc) is 3.84. The number of rotatable bonds is 4. The van der Waals surface area contributed by atoms with Crippen molar-refractivity contribution in [3.05, 3.63) is 169 Å². The van der Waals surface area contributed by atoms with Gasteiger partial charge in [0.05, 0.1) is 16.6 Å². The molecule has 5 heteroatoms. The number of hydrogen-bond donors (Lipinski definition) is 0. The number of aromatic nitrogens is 4. The smallest absolute Gasteiger partial charge is 0.238 e. The van der Waals surface area contributed by atoms with Crippen LogP contribution in [0.25, 0.3) is 94.7 Å². The van der Waals surface area contributed by atoms with Gasteiger partial charge in [0.15, 0.2) is 11.6 Å². The summed E-state index contributed by atoms with van der Waals surface area (Å²) in [5.41, 5.74) is 12.7. The van der Waals surface area contributed by atoms with Crippen molar-refractivity contribution in [2.75, 3.05) is 0 Å². The fraction of sp³-hybridized carbons (Fsp3) is 0.0625. The zero-order chi connectivity index (χ0) is 35.3. The van der Waals surface area contributed by atoms with Gasteiger partial charge in [0, 0.05) is 32.5 Å². The standard InChI is InChI=1S/C48H32N4O/c1-48(2)38-23-9-6-18-32(38)34-26-27-40-42(43(34)48)36-20-7-10-24-39(36)52(40)47-50-45(31-17-12-16-30(28-31)29-14-4-3-5-15-29)49-46(51-47)37-22-13-21-35-33-19-8-11-25-41(33)53-44(35)37/h3-28H,1-2H3. The molecule has 3 aromatic heterocycles. The monoisotopic (exact) mass is 680 g/mol. The SMILES string of the molecule is CC1(C)c2ccccc2-c2ccc3c(c21)c1ccccc1n3-c1nc(-c2cccc(-c3ccccc3)c2)nc(-c2cccc3c2oc2ccccc23)n1. The fourth-order valence-corrected chi connectivity index (χ4v) is 8.65. The molecule has 0 atom stereocenters. The van der Waals surface area contributed by atoms with E-state index in [1.807, 2.05) is 30.3 Å². The van der Waals surface area contributed by atoms with E-state index in [0.717, 1.165) is 55.2 Å². The Hall–Kier alpha value is -6.85. The van der Waals surface area contributed by atoms with E-state index in [2.05, 4.69) is 146 Å². The Morgan fingerprint density at radius 2 is 1.17 bits per heavy atom. The lowest BCUT2D eigenvalue weighted by atomic mass is 9.80. The lowest BCUT2D eigenvalue weighted by molar-refractivity contribution is 0.666. The summed E-state index contributed by atoms with van der Waals surface area (Å²) in [4.78, 5) is 15.8. The van der Waals surface area contributed by atoms with Crippen LogP contribution in [-0.2, 0) is 5.41 Å². The van der Waals surface area contributed by atoms with Crippen LogP contribution in [-0.4, -0.2) is 19.5 Å². The Balaban J connectivity index is 1.21. The maximum atomic E-state index is 6.53. The highest BCUT2D eigenvalue weighted by Gasteiger charge is 2.38. The first-order valence-corrected chi connectivity index (χ1v) is 18.0. The first-order valence-electron chi connectivity index (χ1n) is 18.0. The van der Waals surface area contributed by atoms with Gasteiger partial charge in [0.2, 0.25) is 5.95 Å². The summed E-state index contributed by atoms with van der Waals surface area (Å²) in [6.07, 6.45) is 0. The topological polar surface area (TPSA) is 56.7 Å². The van der Waals surface area contributed by atoms with Crippen LogP contribution in [0.3, 0.4) is 0 Å². The van der Waals surface area contributed by atoms with E-state index >= 15 is 0 Å². The van der Waals surface area contributed by atoms with E-state index in [-0.39, 0.29) is 5.41 Å². The highest BCUT2D eigenvalue weighted by atomic mass is 16.3. The number of benzene rings is 7. The summed E-state index contributed by atoms with van der Waals surface area (Å²) in [6, 6.07) is 55.2. The van der Waals surface area contributed by atoms with E-state index in [9.17, 15) is 0 Å². The van der Waals surface area contributed by atoms with E-state index in [4.69, 9.17) is 19.4 Å². The number of fused-ring (bicyclic) bond motifs is 10. The second-order valence-electron chi connectivity index (χ2n) is 14.4. The number of nitrogens with zero attached hydrogens (tertiary/aromatic N) is 4. The van der Waals surface area contributed by atoms with Crippen LogP contribution in [0.4, 0.5) is 0 Å². The molecule has 0 saturated heterocycles. The van der Waals surface area contributed by atoms with E-state index in [0.29, 0.717) is 17.6 Å². The maximum Gasteiger partial charge on any atom is 0.238 e. The Bertz CT molecular complexity index is 3100. The Morgan fingerprint density at radius 1 is 0.491 bits per heavy atom. The van der Waals surface area contributed by atoms with Crippen molar-refractivity contribution >= 4 is 43.7 Å². The molecule has 1 aliphatic carbocycles. The quantitative estimate of drug-likeness (QED) is 0.186. The van der Waals surface area contributed by atoms with Crippen LogP contribution in [0, 0.1) is 0 Å². The minimum absolute atomic E-state index is 0.190. The molecule has 0 saturated carbocycles.